The van der Waals surface area contributed by atoms with E-state index in [-0.39, 0.29) is 11.9 Å². The lowest BCUT2D eigenvalue weighted by Gasteiger charge is -2.12. The number of carbonyl (C=O) groups is 1. The minimum atomic E-state index is -0.204. The Kier molecular flexibility index (Phi) is 4.47. The highest BCUT2D eigenvalue weighted by atomic mass is 32.1. The second kappa shape index (κ2) is 6.70. The van der Waals surface area contributed by atoms with Crippen LogP contribution in [-0.4, -0.2) is 25.7 Å². The smallest absolute Gasteiger partial charge is 0.244 e. The van der Waals surface area contributed by atoms with Crippen molar-refractivity contribution in [1.82, 2.24) is 25.1 Å². The number of nitrogens with one attached hydrogen (secondary N) is 1. The molecule has 0 fully saturated rings. The first-order valence-electron chi connectivity index (χ1n) is 7.39. The van der Waals surface area contributed by atoms with Crippen molar-refractivity contribution in [2.24, 2.45) is 0 Å². The van der Waals surface area contributed by atoms with Crippen LogP contribution in [0.15, 0.2) is 36.7 Å². The van der Waals surface area contributed by atoms with E-state index in [1.54, 1.807) is 22.1 Å². The van der Waals surface area contributed by atoms with Crippen LogP contribution in [0.3, 0.4) is 0 Å². The maximum Gasteiger partial charge on any atom is 0.244 e. The summed E-state index contributed by atoms with van der Waals surface area (Å²) >= 11 is 1.56. The molecule has 0 spiro atoms. The Labute approximate surface area is 137 Å². The van der Waals surface area contributed by atoms with Crippen LogP contribution >= 0.6 is 11.3 Å². The standard InChI is InChI=1S/C16H17N5OS/c1-3-21-16(17-10-18-21)11(2)19-14(22)8-9-15-20-12-6-4-5-7-13(12)23-15/h4-11H,3H2,1-2H3,(H,19,22)/b9-8+. The molecule has 0 aliphatic carbocycles. The van der Waals surface area contributed by atoms with Crippen LogP contribution in [0, 0.1) is 0 Å². The molecule has 0 aliphatic heterocycles. The number of rotatable bonds is 5. The Morgan fingerprint density at radius 3 is 3.04 bits per heavy atom. The summed E-state index contributed by atoms with van der Waals surface area (Å²) < 4.78 is 2.87. The third-order valence-electron chi connectivity index (χ3n) is 3.38. The van der Waals surface area contributed by atoms with Gasteiger partial charge in [0.2, 0.25) is 5.91 Å². The van der Waals surface area contributed by atoms with Crippen molar-refractivity contribution >= 4 is 33.5 Å². The van der Waals surface area contributed by atoms with Crippen molar-refractivity contribution in [1.29, 1.82) is 0 Å². The average Bonchev–Trinajstić information content (AvgIpc) is 3.18. The van der Waals surface area contributed by atoms with Gasteiger partial charge in [-0.15, -0.1) is 11.3 Å². The predicted molar refractivity (Wildman–Crippen MR) is 90.9 cm³/mol. The third-order valence-corrected chi connectivity index (χ3v) is 4.38. The van der Waals surface area contributed by atoms with Gasteiger partial charge < -0.3 is 5.32 Å². The summed E-state index contributed by atoms with van der Waals surface area (Å²) in [6.45, 7) is 4.59. The Bertz CT molecular complexity index is 818. The van der Waals surface area contributed by atoms with Crippen LogP contribution in [0.2, 0.25) is 0 Å². The topological polar surface area (TPSA) is 72.7 Å². The van der Waals surface area contributed by atoms with Crippen LogP contribution in [-0.2, 0) is 11.3 Å². The summed E-state index contributed by atoms with van der Waals surface area (Å²) in [5, 5.41) is 7.81. The molecule has 0 bridgehead atoms. The average molecular weight is 327 g/mol. The highest BCUT2D eigenvalue weighted by molar-refractivity contribution is 7.19. The number of aromatic nitrogens is 4. The van der Waals surface area contributed by atoms with E-state index in [0.717, 1.165) is 27.6 Å². The summed E-state index contributed by atoms with van der Waals surface area (Å²) in [6, 6.07) is 7.71. The molecular weight excluding hydrogens is 310 g/mol. The van der Waals surface area contributed by atoms with Gasteiger partial charge in [0, 0.05) is 12.6 Å². The summed E-state index contributed by atoms with van der Waals surface area (Å²) in [5.41, 5.74) is 0.946. The van der Waals surface area contributed by atoms with E-state index in [9.17, 15) is 4.79 Å². The number of aryl methyl sites for hydroxylation is 1. The van der Waals surface area contributed by atoms with E-state index in [2.05, 4.69) is 20.4 Å². The van der Waals surface area contributed by atoms with Crippen molar-refractivity contribution in [2.75, 3.05) is 0 Å². The fraction of sp³-hybridized carbons (Fsp3) is 0.250. The van der Waals surface area contributed by atoms with Crippen molar-refractivity contribution in [3.05, 3.63) is 47.5 Å². The molecule has 118 valence electrons. The van der Waals surface area contributed by atoms with Crippen LogP contribution in [0.25, 0.3) is 16.3 Å². The number of fused-ring (bicyclic) bond motifs is 1. The van der Waals surface area contributed by atoms with E-state index < -0.39 is 0 Å². The lowest BCUT2D eigenvalue weighted by Crippen LogP contribution is -2.27. The molecule has 0 saturated heterocycles. The van der Waals surface area contributed by atoms with E-state index in [1.807, 2.05) is 38.1 Å². The molecule has 2 heterocycles. The highest BCUT2D eigenvalue weighted by Crippen LogP contribution is 2.22. The number of hydrogen-bond acceptors (Lipinski definition) is 5. The van der Waals surface area contributed by atoms with E-state index >= 15 is 0 Å². The van der Waals surface area contributed by atoms with Gasteiger partial charge in [-0.3, -0.25) is 4.79 Å². The summed E-state index contributed by atoms with van der Waals surface area (Å²) in [4.78, 5) is 20.7. The molecule has 1 atom stereocenters. The SMILES string of the molecule is CCn1ncnc1C(C)NC(=O)/C=C/c1nc2ccccc2s1. The molecule has 3 aromatic rings. The highest BCUT2D eigenvalue weighted by Gasteiger charge is 2.13. The molecule has 1 amide bonds. The lowest BCUT2D eigenvalue weighted by molar-refractivity contribution is -0.117. The van der Waals surface area contributed by atoms with Crippen molar-refractivity contribution in [2.45, 2.75) is 26.4 Å². The molecule has 6 nitrogen and oxygen atoms in total. The maximum atomic E-state index is 12.1. The van der Waals surface area contributed by atoms with Crippen molar-refractivity contribution in [3.63, 3.8) is 0 Å². The van der Waals surface area contributed by atoms with Gasteiger partial charge in [-0.1, -0.05) is 12.1 Å². The van der Waals surface area contributed by atoms with E-state index in [1.165, 1.54) is 12.4 Å². The molecular formula is C16H17N5OS. The monoisotopic (exact) mass is 327 g/mol. The Balaban J connectivity index is 1.66. The van der Waals surface area contributed by atoms with Gasteiger partial charge in [-0.05, 0) is 32.1 Å². The van der Waals surface area contributed by atoms with Gasteiger partial charge in [-0.25, -0.2) is 14.6 Å². The molecule has 2 aromatic heterocycles. The zero-order chi connectivity index (χ0) is 16.2. The summed E-state index contributed by atoms with van der Waals surface area (Å²) in [7, 11) is 0. The fourth-order valence-corrected chi connectivity index (χ4v) is 3.16. The quantitative estimate of drug-likeness (QED) is 0.731. The normalized spacial score (nSPS) is 12.8. The zero-order valence-electron chi connectivity index (χ0n) is 12.9. The lowest BCUT2D eigenvalue weighted by atomic mass is 10.3. The number of carbonyl (C=O) groups excluding carboxylic acids is 1. The Morgan fingerprint density at radius 1 is 1.43 bits per heavy atom. The minimum Gasteiger partial charge on any atom is -0.343 e. The largest absolute Gasteiger partial charge is 0.343 e. The summed E-state index contributed by atoms with van der Waals surface area (Å²) in [6.07, 6.45) is 4.73. The van der Waals surface area contributed by atoms with Crippen LogP contribution in [0.5, 0.6) is 0 Å². The van der Waals surface area contributed by atoms with Crippen LogP contribution < -0.4 is 5.32 Å². The molecule has 0 aliphatic rings. The summed E-state index contributed by atoms with van der Waals surface area (Å²) in [5.74, 6) is 0.566. The van der Waals surface area contributed by atoms with Crippen molar-refractivity contribution < 1.29 is 4.79 Å². The number of benzene rings is 1. The van der Waals surface area contributed by atoms with Gasteiger partial charge >= 0.3 is 0 Å². The van der Waals surface area contributed by atoms with Gasteiger partial charge in [0.25, 0.3) is 0 Å². The number of amides is 1. The number of hydrogen-bond donors (Lipinski definition) is 1. The second-order valence-corrected chi connectivity index (χ2v) is 6.08. The maximum absolute atomic E-state index is 12.1. The fourth-order valence-electron chi connectivity index (χ4n) is 2.29. The molecule has 1 N–H and O–H groups in total. The molecule has 1 aromatic carbocycles. The first kappa shape index (κ1) is 15.4. The predicted octanol–water partition coefficient (Wildman–Crippen LogP) is 2.80. The number of thiazole rings is 1. The third kappa shape index (κ3) is 3.45. The first-order valence-corrected chi connectivity index (χ1v) is 8.21. The second-order valence-electron chi connectivity index (χ2n) is 5.02. The Morgan fingerprint density at radius 2 is 2.26 bits per heavy atom. The van der Waals surface area contributed by atoms with Crippen LogP contribution in [0.4, 0.5) is 0 Å². The zero-order valence-corrected chi connectivity index (χ0v) is 13.7. The van der Waals surface area contributed by atoms with Crippen LogP contribution in [0.1, 0.15) is 30.7 Å². The van der Waals surface area contributed by atoms with Crippen molar-refractivity contribution in [3.8, 4) is 0 Å². The van der Waals surface area contributed by atoms with Gasteiger partial charge in [0.05, 0.1) is 16.3 Å². The van der Waals surface area contributed by atoms with Gasteiger partial charge in [0.1, 0.15) is 17.2 Å². The molecule has 3 rings (SSSR count). The first-order chi connectivity index (χ1) is 11.2. The number of para-hydroxylation sites is 1. The molecule has 1 unspecified atom stereocenters. The number of nitrogens with zero attached hydrogens (tertiary/aromatic N) is 4. The molecule has 23 heavy (non-hydrogen) atoms. The van der Waals surface area contributed by atoms with E-state index in [0.29, 0.717) is 0 Å². The van der Waals surface area contributed by atoms with Gasteiger partial charge in [-0.2, -0.15) is 5.10 Å². The minimum absolute atomic E-state index is 0.178. The molecule has 0 radical (unpaired) electrons. The molecule has 7 heteroatoms. The molecule has 0 saturated carbocycles. The Hall–Kier alpha value is -2.54. The van der Waals surface area contributed by atoms with E-state index in [4.69, 9.17) is 0 Å². The van der Waals surface area contributed by atoms with Gasteiger partial charge in [0.15, 0.2) is 0 Å².